The van der Waals surface area contributed by atoms with Crippen LogP contribution in [0.15, 0.2) is 40.9 Å². The molecule has 116 valence electrons. The number of methoxy groups -OCH3 is 1. The molecule has 0 saturated heterocycles. The molecular weight excluding hydrogens is 349 g/mol. The third-order valence-electron chi connectivity index (χ3n) is 3.68. The van der Waals surface area contributed by atoms with E-state index in [9.17, 15) is 4.39 Å². The zero-order chi connectivity index (χ0) is 15.5. The summed E-state index contributed by atoms with van der Waals surface area (Å²) in [4.78, 5) is 0. The Morgan fingerprint density at radius 3 is 2.50 bits per heavy atom. The monoisotopic (exact) mass is 365 g/mol. The molecule has 22 heavy (non-hydrogen) atoms. The third-order valence-corrected chi connectivity index (χ3v) is 4.17. The lowest BCUT2D eigenvalue weighted by atomic mass is 10.1. The summed E-state index contributed by atoms with van der Waals surface area (Å²) in [5, 5.41) is 1.97. The van der Waals surface area contributed by atoms with Gasteiger partial charge >= 0.3 is 0 Å². The smallest absolute Gasteiger partial charge is 0.123 e. The molecule has 0 aliphatic heterocycles. The highest BCUT2D eigenvalue weighted by molar-refractivity contribution is 9.10. The lowest BCUT2D eigenvalue weighted by Crippen LogP contribution is -2.09. The molecule has 0 radical (unpaired) electrons. The van der Waals surface area contributed by atoms with Crippen molar-refractivity contribution < 1.29 is 13.9 Å². The van der Waals surface area contributed by atoms with E-state index in [4.69, 9.17) is 9.47 Å². The van der Waals surface area contributed by atoms with Crippen LogP contribution in [0, 0.1) is 5.82 Å². The van der Waals surface area contributed by atoms with Gasteiger partial charge in [0.2, 0.25) is 0 Å². The lowest BCUT2D eigenvalue weighted by Gasteiger charge is -2.08. The van der Waals surface area contributed by atoms with Gasteiger partial charge in [0, 0.05) is 39.9 Å². The predicted octanol–water partition coefficient (Wildman–Crippen LogP) is 4.36. The van der Waals surface area contributed by atoms with E-state index in [2.05, 4.69) is 20.5 Å². The van der Waals surface area contributed by atoms with Gasteiger partial charge in [-0.2, -0.15) is 0 Å². The van der Waals surface area contributed by atoms with E-state index in [0.717, 1.165) is 32.8 Å². The van der Waals surface area contributed by atoms with E-state index < -0.39 is 0 Å². The van der Waals surface area contributed by atoms with Crippen LogP contribution in [0.3, 0.4) is 0 Å². The largest absolute Gasteiger partial charge is 0.382 e. The first kappa shape index (κ1) is 15.5. The molecule has 5 heteroatoms. The maximum atomic E-state index is 13.6. The fourth-order valence-electron chi connectivity index (χ4n) is 2.69. The van der Waals surface area contributed by atoms with Crippen LogP contribution in [0.4, 0.5) is 4.39 Å². The van der Waals surface area contributed by atoms with Crippen LogP contribution in [0.1, 0.15) is 0 Å². The number of hydrogen-bond acceptors (Lipinski definition) is 2. The molecule has 0 aliphatic rings. The van der Waals surface area contributed by atoms with Gasteiger partial charge in [-0.3, -0.25) is 0 Å². The van der Waals surface area contributed by atoms with Gasteiger partial charge in [0.15, 0.2) is 0 Å². The Labute approximate surface area is 136 Å². The molecule has 0 unspecified atom stereocenters. The Balaban J connectivity index is 1.99. The number of ether oxygens (including phenoxy) is 2. The van der Waals surface area contributed by atoms with Gasteiger partial charge < -0.3 is 14.0 Å². The molecule has 3 aromatic rings. The molecular formula is C17H17BrFNO2. The van der Waals surface area contributed by atoms with Gasteiger partial charge in [-0.15, -0.1) is 0 Å². The molecule has 2 aromatic carbocycles. The van der Waals surface area contributed by atoms with E-state index in [1.54, 1.807) is 13.2 Å². The minimum Gasteiger partial charge on any atom is -0.382 e. The topological polar surface area (TPSA) is 23.4 Å². The fourth-order valence-corrected chi connectivity index (χ4v) is 3.05. The Morgan fingerprint density at radius 2 is 1.73 bits per heavy atom. The molecule has 0 N–H and O–H groups in total. The highest BCUT2D eigenvalue weighted by Gasteiger charge is 2.11. The number of nitrogens with zero attached hydrogens (tertiary/aromatic N) is 1. The Kier molecular flexibility index (Phi) is 4.76. The summed E-state index contributed by atoms with van der Waals surface area (Å²) in [5.74, 6) is -0.220. The van der Waals surface area contributed by atoms with Crippen molar-refractivity contribution in [2.45, 2.75) is 6.54 Å². The number of hydrogen-bond donors (Lipinski definition) is 0. The summed E-state index contributed by atoms with van der Waals surface area (Å²) < 4.78 is 27.3. The summed E-state index contributed by atoms with van der Waals surface area (Å²) >= 11 is 3.49. The van der Waals surface area contributed by atoms with Crippen molar-refractivity contribution in [1.29, 1.82) is 0 Å². The van der Waals surface area contributed by atoms with Crippen LogP contribution in [-0.2, 0) is 16.0 Å². The molecule has 1 heterocycles. The van der Waals surface area contributed by atoms with Crippen LogP contribution in [0.2, 0.25) is 0 Å². The Bertz CT molecular complexity index is 741. The van der Waals surface area contributed by atoms with Crippen molar-refractivity contribution >= 4 is 37.7 Å². The minimum absolute atomic E-state index is 0.220. The second kappa shape index (κ2) is 6.77. The molecule has 3 rings (SSSR count). The zero-order valence-electron chi connectivity index (χ0n) is 12.3. The number of halogens is 2. The van der Waals surface area contributed by atoms with Crippen molar-refractivity contribution in [3.05, 3.63) is 46.7 Å². The summed E-state index contributed by atoms with van der Waals surface area (Å²) in [6, 6.07) is 11.0. The minimum atomic E-state index is -0.220. The van der Waals surface area contributed by atoms with Crippen molar-refractivity contribution in [3.63, 3.8) is 0 Å². The first-order valence-electron chi connectivity index (χ1n) is 7.14. The van der Waals surface area contributed by atoms with E-state index >= 15 is 0 Å². The normalized spacial score (nSPS) is 11.6. The average Bonchev–Trinajstić information content (AvgIpc) is 2.80. The van der Waals surface area contributed by atoms with Gasteiger partial charge in [-0.05, 0) is 36.4 Å². The first-order chi connectivity index (χ1) is 10.7. The molecule has 0 fully saturated rings. The van der Waals surface area contributed by atoms with Crippen LogP contribution >= 0.6 is 15.9 Å². The van der Waals surface area contributed by atoms with Crippen LogP contribution in [0.25, 0.3) is 21.8 Å². The summed E-state index contributed by atoms with van der Waals surface area (Å²) in [7, 11) is 1.66. The lowest BCUT2D eigenvalue weighted by molar-refractivity contribution is 0.0673. The van der Waals surface area contributed by atoms with Gasteiger partial charge in [0.05, 0.1) is 19.8 Å². The average molecular weight is 366 g/mol. The Hall–Kier alpha value is -1.43. The molecule has 0 aliphatic carbocycles. The third kappa shape index (κ3) is 3.02. The molecule has 0 spiro atoms. The van der Waals surface area contributed by atoms with Gasteiger partial charge in [0.1, 0.15) is 5.82 Å². The van der Waals surface area contributed by atoms with Gasteiger partial charge in [-0.1, -0.05) is 15.9 Å². The van der Waals surface area contributed by atoms with Crippen LogP contribution in [-0.4, -0.2) is 31.5 Å². The van der Waals surface area contributed by atoms with E-state index in [0.29, 0.717) is 19.8 Å². The van der Waals surface area contributed by atoms with Gasteiger partial charge in [0.25, 0.3) is 0 Å². The van der Waals surface area contributed by atoms with Crippen molar-refractivity contribution in [2.75, 3.05) is 26.9 Å². The SMILES string of the molecule is COCCOCCn1c2ccc(F)cc2c2cc(Br)ccc21. The predicted molar refractivity (Wildman–Crippen MR) is 89.8 cm³/mol. The maximum Gasteiger partial charge on any atom is 0.123 e. The quantitative estimate of drug-likeness (QED) is 0.606. The van der Waals surface area contributed by atoms with Crippen molar-refractivity contribution in [1.82, 2.24) is 4.57 Å². The fraction of sp³-hybridized carbons (Fsp3) is 0.294. The number of fused-ring (bicyclic) bond motifs is 3. The molecule has 0 amide bonds. The van der Waals surface area contributed by atoms with Crippen LogP contribution in [0.5, 0.6) is 0 Å². The standard InChI is InChI=1S/C17H17BrFNO2/c1-21-8-9-22-7-6-20-16-4-2-12(18)10-14(16)15-11-13(19)3-5-17(15)20/h2-5,10-11H,6-9H2,1H3. The van der Waals surface area contributed by atoms with E-state index in [1.165, 1.54) is 6.07 Å². The zero-order valence-corrected chi connectivity index (χ0v) is 13.9. The number of aromatic nitrogens is 1. The maximum absolute atomic E-state index is 13.6. The van der Waals surface area contributed by atoms with E-state index in [1.807, 2.05) is 24.3 Å². The van der Waals surface area contributed by atoms with Crippen LogP contribution < -0.4 is 0 Å². The van der Waals surface area contributed by atoms with E-state index in [-0.39, 0.29) is 5.82 Å². The van der Waals surface area contributed by atoms with Crippen molar-refractivity contribution in [2.24, 2.45) is 0 Å². The van der Waals surface area contributed by atoms with Gasteiger partial charge in [-0.25, -0.2) is 4.39 Å². The molecule has 0 atom stereocenters. The number of benzene rings is 2. The molecule has 1 aromatic heterocycles. The molecule has 3 nitrogen and oxygen atoms in total. The highest BCUT2D eigenvalue weighted by atomic mass is 79.9. The molecule has 0 saturated carbocycles. The molecule has 0 bridgehead atoms. The Morgan fingerprint density at radius 1 is 1.00 bits per heavy atom. The first-order valence-corrected chi connectivity index (χ1v) is 7.93. The summed E-state index contributed by atoms with van der Waals surface area (Å²) in [5.41, 5.74) is 2.10. The summed E-state index contributed by atoms with van der Waals surface area (Å²) in [6.07, 6.45) is 0. The number of rotatable bonds is 6. The summed E-state index contributed by atoms with van der Waals surface area (Å²) in [6.45, 7) is 2.48. The second-order valence-corrected chi connectivity index (χ2v) is 6.00. The highest BCUT2D eigenvalue weighted by Crippen LogP contribution is 2.31. The second-order valence-electron chi connectivity index (χ2n) is 5.08. The van der Waals surface area contributed by atoms with Crippen molar-refractivity contribution in [3.8, 4) is 0 Å².